The highest BCUT2D eigenvalue weighted by Gasteiger charge is 2.12. The van der Waals surface area contributed by atoms with Crippen LogP contribution in [0.2, 0.25) is 0 Å². The van der Waals surface area contributed by atoms with E-state index in [4.69, 9.17) is 11.5 Å². The van der Waals surface area contributed by atoms with Crippen molar-refractivity contribution in [1.82, 2.24) is 0 Å². The molecule has 0 fully saturated rings. The summed E-state index contributed by atoms with van der Waals surface area (Å²) >= 11 is 0. The van der Waals surface area contributed by atoms with Crippen LogP contribution in [-0.2, 0) is 19.3 Å². The van der Waals surface area contributed by atoms with Crippen LogP contribution in [0.15, 0.2) is 24.3 Å². The summed E-state index contributed by atoms with van der Waals surface area (Å²) in [6.45, 7) is 13.2. The Morgan fingerprint density at radius 3 is 1.48 bits per heavy atom. The molecule has 25 heavy (non-hydrogen) atoms. The van der Waals surface area contributed by atoms with Crippen LogP contribution in [0.1, 0.15) is 61.1 Å². The quantitative estimate of drug-likeness (QED) is 0.688. The number of rotatable bonds is 6. The summed E-state index contributed by atoms with van der Waals surface area (Å²) in [6.07, 6.45) is 2.99. The zero-order valence-electron chi connectivity index (χ0n) is 16.7. The molecule has 0 saturated heterocycles. The van der Waals surface area contributed by atoms with Crippen LogP contribution in [0.4, 0.5) is 11.4 Å². The molecule has 4 N–H and O–H groups in total. The predicted molar refractivity (Wildman–Crippen MR) is 111 cm³/mol. The SMILES string of the molecule is Cc1cc(Cc2cc(CC(C)C)c(N)c(CC(C)C)c2)cc(C)c1N. The van der Waals surface area contributed by atoms with Gasteiger partial charge in [0.2, 0.25) is 0 Å². The fraction of sp³-hybridized carbons (Fsp3) is 0.478. The van der Waals surface area contributed by atoms with Gasteiger partial charge in [-0.25, -0.2) is 0 Å². The monoisotopic (exact) mass is 338 g/mol. The number of nitrogen functional groups attached to an aromatic ring is 2. The lowest BCUT2D eigenvalue weighted by Gasteiger charge is -2.17. The molecule has 2 aromatic rings. The van der Waals surface area contributed by atoms with Gasteiger partial charge in [-0.1, -0.05) is 52.0 Å². The molecule has 0 aliphatic rings. The molecule has 2 aromatic carbocycles. The Morgan fingerprint density at radius 1 is 0.680 bits per heavy atom. The summed E-state index contributed by atoms with van der Waals surface area (Å²) in [7, 11) is 0. The van der Waals surface area contributed by atoms with E-state index in [-0.39, 0.29) is 0 Å². The standard InChI is InChI=1S/C23H34N2/c1-14(2)7-20-12-19(13-21(23(20)25)8-15(3)4)11-18-9-16(5)22(24)17(6)10-18/h9-10,12-15H,7-8,11,24-25H2,1-6H3. The van der Waals surface area contributed by atoms with E-state index in [0.717, 1.165) is 41.8 Å². The molecule has 2 nitrogen and oxygen atoms in total. The second kappa shape index (κ2) is 7.95. The third-order valence-corrected chi connectivity index (χ3v) is 4.73. The fourth-order valence-electron chi connectivity index (χ4n) is 3.57. The van der Waals surface area contributed by atoms with E-state index in [1.54, 1.807) is 0 Å². The minimum absolute atomic E-state index is 0.602. The average molecular weight is 339 g/mol. The van der Waals surface area contributed by atoms with Crippen molar-refractivity contribution in [2.75, 3.05) is 11.5 Å². The van der Waals surface area contributed by atoms with Crippen molar-refractivity contribution in [2.24, 2.45) is 11.8 Å². The van der Waals surface area contributed by atoms with Crippen LogP contribution >= 0.6 is 0 Å². The van der Waals surface area contributed by atoms with Crippen molar-refractivity contribution in [2.45, 2.75) is 60.8 Å². The Labute approximate surface area is 153 Å². The number of hydrogen-bond donors (Lipinski definition) is 2. The van der Waals surface area contributed by atoms with Gasteiger partial charge in [-0.3, -0.25) is 0 Å². The lowest BCUT2D eigenvalue weighted by molar-refractivity contribution is 0.637. The number of anilines is 2. The largest absolute Gasteiger partial charge is 0.398 e. The van der Waals surface area contributed by atoms with E-state index in [9.17, 15) is 0 Å². The highest BCUT2D eigenvalue weighted by molar-refractivity contribution is 5.58. The third kappa shape index (κ3) is 5.01. The summed E-state index contributed by atoms with van der Waals surface area (Å²) in [6, 6.07) is 9.03. The molecule has 2 rings (SSSR count). The Bertz CT molecular complexity index is 688. The Hall–Kier alpha value is -1.96. The van der Waals surface area contributed by atoms with Crippen LogP contribution in [-0.4, -0.2) is 0 Å². The molecule has 0 saturated carbocycles. The zero-order valence-corrected chi connectivity index (χ0v) is 16.7. The normalized spacial score (nSPS) is 11.5. The van der Waals surface area contributed by atoms with E-state index < -0.39 is 0 Å². The summed E-state index contributed by atoms with van der Waals surface area (Å²) in [5, 5.41) is 0. The maximum atomic E-state index is 6.49. The van der Waals surface area contributed by atoms with Crippen molar-refractivity contribution < 1.29 is 0 Å². The first-order valence-electron chi connectivity index (χ1n) is 9.43. The van der Waals surface area contributed by atoms with E-state index in [1.807, 2.05) is 0 Å². The van der Waals surface area contributed by atoms with Gasteiger partial charge in [0.15, 0.2) is 0 Å². The minimum atomic E-state index is 0.602. The second-order valence-corrected chi connectivity index (χ2v) is 8.34. The summed E-state index contributed by atoms with van der Waals surface area (Å²) < 4.78 is 0. The van der Waals surface area contributed by atoms with Crippen molar-refractivity contribution >= 4 is 11.4 Å². The van der Waals surface area contributed by atoms with Crippen LogP contribution < -0.4 is 11.5 Å². The van der Waals surface area contributed by atoms with Crippen LogP contribution in [0.3, 0.4) is 0 Å². The molecule has 0 spiro atoms. The Kier molecular flexibility index (Phi) is 6.16. The third-order valence-electron chi connectivity index (χ3n) is 4.73. The highest BCUT2D eigenvalue weighted by Crippen LogP contribution is 2.28. The van der Waals surface area contributed by atoms with Crippen LogP contribution in [0, 0.1) is 25.7 Å². The number of nitrogens with two attached hydrogens (primary N) is 2. The van der Waals surface area contributed by atoms with E-state index in [1.165, 1.54) is 22.3 Å². The molecule has 0 aromatic heterocycles. The molecule has 0 amide bonds. The average Bonchev–Trinajstić information content (AvgIpc) is 2.48. The maximum Gasteiger partial charge on any atom is 0.0379 e. The highest BCUT2D eigenvalue weighted by atomic mass is 14.6. The molecule has 0 aliphatic carbocycles. The lowest BCUT2D eigenvalue weighted by atomic mass is 9.90. The van der Waals surface area contributed by atoms with E-state index >= 15 is 0 Å². The van der Waals surface area contributed by atoms with Crippen LogP contribution in [0.5, 0.6) is 0 Å². The smallest absolute Gasteiger partial charge is 0.0379 e. The first-order valence-corrected chi connectivity index (χ1v) is 9.43. The molecule has 0 aliphatic heterocycles. The van der Waals surface area contributed by atoms with Gasteiger partial charge in [-0.05, 0) is 78.3 Å². The first kappa shape index (κ1) is 19.4. The van der Waals surface area contributed by atoms with Crippen molar-refractivity contribution in [3.8, 4) is 0 Å². The number of benzene rings is 2. The summed E-state index contributed by atoms with van der Waals surface area (Å²) in [5.74, 6) is 1.20. The van der Waals surface area contributed by atoms with Gasteiger partial charge in [0.25, 0.3) is 0 Å². The Balaban J connectivity index is 2.42. The van der Waals surface area contributed by atoms with Crippen molar-refractivity contribution in [3.05, 3.63) is 57.6 Å². The molecular weight excluding hydrogens is 304 g/mol. The van der Waals surface area contributed by atoms with Gasteiger partial charge in [0.1, 0.15) is 0 Å². The second-order valence-electron chi connectivity index (χ2n) is 8.34. The molecule has 136 valence electrons. The van der Waals surface area contributed by atoms with Crippen molar-refractivity contribution in [3.63, 3.8) is 0 Å². The van der Waals surface area contributed by atoms with E-state index in [2.05, 4.69) is 65.8 Å². The maximum absolute atomic E-state index is 6.49. The zero-order chi connectivity index (χ0) is 18.7. The van der Waals surface area contributed by atoms with E-state index in [0.29, 0.717) is 11.8 Å². The fourth-order valence-corrected chi connectivity index (χ4v) is 3.57. The molecule has 0 radical (unpaired) electrons. The van der Waals surface area contributed by atoms with Gasteiger partial charge in [-0.2, -0.15) is 0 Å². The molecule has 0 atom stereocenters. The van der Waals surface area contributed by atoms with Gasteiger partial charge >= 0.3 is 0 Å². The topological polar surface area (TPSA) is 52.0 Å². The summed E-state index contributed by atoms with van der Waals surface area (Å²) in [5.41, 5.74) is 22.1. The predicted octanol–water partition coefficient (Wildman–Crippen LogP) is 5.46. The number of aryl methyl sites for hydroxylation is 2. The number of hydrogen-bond acceptors (Lipinski definition) is 2. The molecular formula is C23H34N2. The molecule has 0 unspecified atom stereocenters. The molecule has 0 heterocycles. The minimum Gasteiger partial charge on any atom is -0.398 e. The van der Waals surface area contributed by atoms with Crippen molar-refractivity contribution in [1.29, 1.82) is 0 Å². The molecule has 0 bridgehead atoms. The van der Waals surface area contributed by atoms with Gasteiger partial charge in [0, 0.05) is 11.4 Å². The van der Waals surface area contributed by atoms with Crippen LogP contribution in [0.25, 0.3) is 0 Å². The lowest BCUT2D eigenvalue weighted by Crippen LogP contribution is -2.07. The summed E-state index contributed by atoms with van der Waals surface area (Å²) in [4.78, 5) is 0. The van der Waals surface area contributed by atoms with Gasteiger partial charge < -0.3 is 11.5 Å². The molecule has 2 heteroatoms. The van der Waals surface area contributed by atoms with Gasteiger partial charge in [0.05, 0.1) is 0 Å². The van der Waals surface area contributed by atoms with Gasteiger partial charge in [-0.15, -0.1) is 0 Å². The Morgan fingerprint density at radius 2 is 1.08 bits per heavy atom. The first-order chi connectivity index (χ1) is 11.7.